The molecule has 1 aromatic heterocycles. The summed E-state index contributed by atoms with van der Waals surface area (Å²) in [5, 5.41) is 10.9. The van der Waals surface area contributed by atoms with Crippen LogP contribution in [0.4, 0.5) is 5.13 Å². The van der Waals surface area contributed by atoms with Crippen LogP contribution in [0, 0.1) is 11.3 Å². The van der Waals surface area contributed by atoms with Crippen LogP contribution < -0.4 is 11.1 Å². The summed E-state index contributed by atoms with van der Waals surface area (Å²) in [5.41, 5.74) is 6.79. The minimum Gasteiger partial charge on any atom is -0.370 e. The van der Waals surface area contributed by atoms with Crippen LogP contribution in [0.5, 0.6) is 0 Å². The standard InChI is InChI=1S/C13H22N4S/c1-8(2)7-13(3)6-4-5-9-10(13)16-12(18-9)17-11(14)15/h8H,4-7H2,1-3H3,(H4,14,15,16,17). The Kier molecular flexibility index (Phi) is 3.61. The van der Waals surface area contributed by atoms with E-state index in [1.165, 1.54) is 29.8 Å². The molecule has 1 aliphatic rings. The van der Waals surface area contributed by atoms with Crippen molar-refractivity contribution in [2.24, 2.45) is 11.7 Å². The van der Waals surface area contributed by atoms with Gasteiger partial charge in [-0.15, -0.1) is 11.3 Å². The maximum atomic E-state index is 7.29. The summed E-state index contributed by atoms with van der Waals surface area (Å²) in [4.78, 5) is 6.05. The van der Waals surface area contributed by atoms with Gasteiger partial charge in [-0.2, -0.15) is 0 Å². The number of nitrogens with zero attached hydrogens (tertiary/aromatic N) is 1. The topological polar surface area (TPSA) is 74.8 Å². The third-order valence-electron chi connectivity index (χ3n) is 3.50. The number of guanidine groups is 1. The molecule has 1 aliphatic carbocycles. The highest BCUT2D eigenvalue weighted by atomic mass is 32.1. The predicted molar refractivity (Wildman–Crippen MR) is 77.4 cm³/mol. The Labute approximate surface area is 113 Å². The fourth-order valence-corrected chi connectivity index (χ4v) is 4.19. The van der Waals surface area contributed by atoms with Crippen LogP contribution >= 0.6 is 11.3 Å². The van der Waals surface area contributed by atoms with E-state index in [9.17, 15) is 0 Å². The number of fused-ring (bicyclic) bond motifs is 1. The zero-order valence-electron chi connectivity index (χ0n) is 11.3. The van der Waals surface area contributed by atoms with Crippen molar-refractivity contribution in [3.8, 4) is 0 Å². The summed E-state index contributed by atoms with van der Waals surface area (Å²) in [6.45, 7) is 6.85. The van der Waals surface area contributed by atoms with Gasteiger partial charge in [0.25, 0.3) is 0 Å². The largest absolute Gasteiger partial charge is 0.370 e. The van der Waals surface area contributed by atoms with Crippen molar-refractivity contribution in [1.29, 1.82) is 5.41 Å². The molecule has 18 heavy (non-hydrogen) atoms. The van der Waals surface area contributed by atoms with E-state index in [0.29, 0.717) is 5.92 Å². The first-order chi connectivity index (χ1) is 8.40. The molecule has 4 nitrogen and oxygen atoms in total. The van der Waals surface area contributed by atoms with Crippen molar-refractivity contribution in [2.45, 2.75) is 51.9 Å². The maximum absolute atomic E-state index is 7.29. The molecule has 100 valence electrons. The predicted octanol–water partition coefficient (Wildman–Crippen LogP) is 3.09. The van der Waals surface area contributed by atoms with Gasteiger partial charge in [0.15, 0.2) is 11.1 Å². The Morgan fingerprint density at radius 1 is 1.61 bits per heavy atom. The van der Waals surface area contributed by atoms with Gasteiger partial charge in [-0.05, 0) is 31.6 Å². The van der Waals surface area contributed by atoms with Gasteiger partial charge in [-0.1, -0.05) is 20.8 Å². The van der Waals surface area contributed by atoms with E-state index in [-0.39, 0.29) is 11.4 Å². The van der Waals surface area contributed by atoms with Gasteiger partial charge < -0.3 is 11.1 Å². The van der Waals surface area contributed by atoms with E-state index >= 15 is 0 Å². The zero-order chi connectivity index (χ0) is 13.3. The van der Waals surface area contributed by atoms with Gasteiger partial charge in [0.1, 0.15) is 0 Å². The molecule has 0 aromatic carbocycles. The number of rotatable bonds is 3. The lowest BCUT2D eigenvalue weighted by molar-refractivity contribution is 0.315. The van der Waals surface area contributed by atoms with Gasteiger partial charge >= 0.3 is 0 Å². The van der Waals surface area contributed by atoms with E-state index in [1.54, 1.807) is 11.3 Å². The van der Waals surface area contributed by atoms with Crippen molar-refractivity contribution in [1.82, 2.24) is 4.98 Å². The van der Waals surface area contributed by atoms with E-state index in [0.717, 1.165) is 11.6 Å². The second-order valence-corrected chi connectivity index (χ2v) is 6.93. The molecule has 1 atom stereocenters. The number of anilines is 1. The fraction of sp³-hybridized carbons (Fsp3) is 0.692. The highest BCUT2D eigenvalue weighted by molar-refractivity contribution is 7.15. The minimum absolute atomic E-state index is 0.0355. The number of aromatic nitrogens is 1. The third kappa shape index (κ3) is 2.66. The first-order valence-corrected chi connectivity index (χ1v) is 7.33. The summed E-state index contributed by atoms with van der Waals surface area (Å²) < 4.78 is 0. The normalized spacial score (nSPS) is 22.9. The lowest BCUT2D eigenvalue weighted by Crippen LogP contribution is -2.29. The summed E-state index contributed by atoms with van der Waals surface area (Å²) in [5.74, 6) is 0.638. The molecule has 2 rings (SSSR count). The van der Waals surface area contributed by atoms with E-state index in [4.69, 9.17) is 11.1 Å². The number of nitrogens with one attached hydrogen (secondary N) is 2. The first kappa shape index (κ1) is 13.3. The van der Waals surface area contributed by atoms with Crippen LogP contribution in [0.25, 0.3) is 0 Å². The Morgan fingerprint density at radius 2 is 2.33 bits per heavy atom. The third-order valence-corrected chi connectivity index (χ3v) is 4.53. The van der Waals surface area contributed by atoms with Crippen molar-refractivity contribution >= 4 is 22.4 Å². The fourth-order valence-electron chi connectivity index (χ4n) is 3.02. The maximum Gasteiger partial charge on any atom is 0.192 e. The second kappa shape index (κ2) is 4.88. The molecule has 0 saturated heterocycles. The Balaban J connectivity index is 2.30. The molecule has 0 bridgehead atoms. The number of thiazole rings is 1. The summed E-state index contributed by atoms with van der Waals surface area (Å²) >= 11 is 1.65. The van der Waals surface area contributed by atoms with Crippen molar-refractivity contribution in [2.75, 3.05) is 5.32 Å². The molecule has 0 aliphatic heterocycles. The van der Waals surface area contributed by atoms with Gasteiger partial charge in [0, 0.05) is 10.3 Å². The molecule has 1 unspecified atom stereocenters. The second-order valence-electron chi connectivity index (χ2n) is 5.84. The molecular weight excluding hydrogens is 244 g/mol. The van der Waals surface area contributed by atoms with Crippen LogP contribution in [0.3, 0.4) is 0 Å². The molecule has 1 aromatic rings. The molecule has 0 amide bonds. The number of hydrogen-bond acceptors (Lipinski definition) is 3. The Morgan fingerprint density at radius 3 is 2.94 bits per heavy atom. The average molecular weight is 266 g/mol. The van der Waals surface area contributed by atoms with Crippen molar-refractivity contribution < 1.29 is 0 Å². The van der Waals surface area contributed by atoms with Gasteiger partial charge in [0.05, 0.1) is 5.69 Å². The van der Waals surface area contributed by atoms with Crippen molar-refractivity contribution in [3.63, 3.8) is 0 Å². The van der Waals surface area contributed by atoms with Crippen molar-refractivity contribution in [3.05, 3.63) is 10.6 Å². The minimum atomic E-state index is -0.0355. The van der Waals surface area contributed by atoms with Gasteiger partial charge in [0.2, 0.25) is 0 Å². The molecule has 0 fully saturated rings. The molecule has 4 N–H and O–H groups in total. The van der Waals surface area contributed by atoms with Gasteiger partial charge in [-0.3, -0.25) is 5.41 Å². The zero-order valence-corrected chi connectivity index (χ0v) is 12.2. The number of aryl methyl sites for hydroxylation is 1. The van der Waals surface area contributed by atoms with Crippen LogP contribution in [0.15, 0.2) is 0 Å². The Bertz CT molecular complexity index is 452. The monoisotopic (exact) mass is 266 g/mol. The quantitative estimate of drug-likeness (QED) is 0.581. The van der Waals surface area contributed by atoms with Crippen LogP contribution in [0.2, 0.25) is 0 Å². The highest BCUT2D eigenvalue weighted by Crippen LogP contribution is 2.44. The first-order valence-electron chi connectivity index (χ1n) is 6.52. The van der Waals surface area contributed by atoms with Crippen LogP contribution in [0.1, 0.15) is 50.6 Å². The van der Waals surface area contributed by atoms with Crippen LogP contribution in [-0.2, 0) is 11.8 Å². The summed E-state index contributed by atoms with van der Waals surface area (Å²) in [6, 6.07) is 0. The van der Waals surface area contributed by atoms with Crippen LogP contribution in [-0.4, -0.2) is 10.9 Å². The van der Waals surface area contributed by atoms with E-state index < -0.39 is 0 Å². The molecule has 0 radical (unpaired) electrons. The summed E-state index contributed by atoms with van der Waals surface area (Å²) in [6.07, 6.45) is 4.73. The molecular formula is C13H22N4S. The molecule has 1 heterocycles. The lowest BCUT2D eigenvalue weighted by Gasteiger charge is -2.34. The average Bonchev–Trinajstić information content (AvgIpc) is 2.59. The van der Waals surface area contributed by atoms with Gasteiger partial charge in [-0.25, -0.2) is 4.98 Å². The molecule has 0 saturated carbocycles. The smallest absolute Gasteiger partial charge is 0.192 e. The van der Waals surface area contributed by atoms with E-state index in [2.05, 4.69) is 31.1 Å². The summed E-state index contributed by atoms with van der Waals surface area (Å²) in [7, 11) is 0. The lowest BCUT2D eigenvalue weighted by atomic mass is 9.72. The highest BCUT2D eigenvalue weighted by Gasteiger charge is 2.35. The molecule has 0 spiro atoms. The SMILES string of the molecule is CC(C)CC1(C)CCCc2sc(NC(=N)N)nc21. The van der Waals surface area contributed by atoms with E-state index in [1.807, 2.05) is 0 Å². The molecule has 5 heteroatoms. The Hall–Kier alpha value is -1.10. The number of nitrogens with two attached hydrogens (primary N) is 1. The number of hydrogen-bond donors (Lipinski definition) is 3.